The lowest BCUT2D eigenvalue weighted by atomic mass is 9.97. The van der Waals surface area contributed by atoms with E-state index >= 15 is 0 Å². The van der Waals surface area contributed by atoms with E-state index in [1.54, 1.807) is 0 Å². The molecule has 10 heteroatoms. The predicted molar refractivity (Wildman–Crippen MR) is 71.4 cm³/mol. The maximum atomic E-state index is 11.6. The van der Waals surface area contributed by atoms with E-state index in [2.05, 4.69) is 53.1 Å². The van der Waals surface area contributed by atoms with Crippen LogP contribution in [0.2, 0.25) is 0 Å². The quantitative estimate of drug-likeness (QED) is 0.330. The Kier molecular flexibility index (Phi) is 6.00. The van der Waals surface area contributed by atoms with Crippen LogP contribution in [0.15, 0.2) is 0 Å². The molecule has 18 heavy (non-hydrogen) atoms. The molecule has 1 unspecified atom stereocenters. The number of amides is 1. The molecule has 1 amide bonds. The number of aliphatic hydroxyl groups is 4. The van der Waals surface area contributed by atoms with Gasteiger partial charge in [0.05, 0.1) is 6.61 Å². The number of nitrogens with one attached hydrogen (secondary N) is 1. The van der Waals surface area contributed by atoms with Crippen molar-refractivity contribution in [1.29, 1.82) is 0 Å². The van der Waals surface area contributed by atoms with Crippen LogP contribution in [-0.2, 0) is 9.53 Å². The van der Waals surface area contributed by atoms with Crippen LogP contribution in [0.4, 0.5) is 0 Å². The molecule has 0 spiro atoms. The summed E-state index contributed by atoms with van der Waals surface area (Å²) in [6, 6.07) is -1.22. The number of ether oxygens (including phenoxy) is 1. The third-order valence-corrected chi connectivity index (χ3v) is 3.54. The maximum Gasteiger partial charge on any atom is 0.259 e. The molecule has 0 aromatic heterocycles. The van der Waals surface area contributed by atoms with Gasteiger partial charge in [-0.1, -0.05) is 0 Å². The van der Waals surface area contributed by atoms with E-state index in [9.17, 15) is 20.1 Å². The zero-order valence-corrected chi connectivity index (χ0v) is 13.6. The molecular weight excluding hydrogens is 446 g/mol. The Hall–Kier alpha value is 0.710. The van der Waals surface area contributed by atoms with Gasteiger partial charge >= 0.3 is 0 Å². The molecule has 0 aromatic carbocycles. The van der Waals surface area contributed by atoms with E-state index in [1.807, 2.05) is 0 Å². The van der Waals surface area contributed by atoms with Crippen LogP contribution < -0.4 is 5.32 Å². The Balaban J connectivity index is 2.74. The smallest absolute Gasteiger partial charge is 0.259 e. The van der Waals surface area contributed by atoms with Crippen LogP contribution in [-0.4, -0.2) is 65.7 Å². The van der Waals surface area contributed by atoms with Crippen LogP contribution >= 0.6 is 47.8 Å². The highest BCUT2D eigenvalue weighted by molar-refractivity contribution is 9.40. The normalized spacial score (nSPS) is 37.4. The van der Waals surface area contributed by atoms with E-state index in [1.165, 1.54) is 0 Å². The average Bonchev–Trinajstić information content (AvgIpc) is 2.27. The summed E-state index contributed by atoms with van der Waals surface area (Å²) in [5, 5.41) is 40.1. The molecule has 1 heterocycles. The molecule has 5 N–H and O–H groups in total. The molecule has 1 fully saturated rings. The van der Waals surface area contributed by atoms with Gasteiger partial charge in [0.15, 0.2) is 6.29 Å². The van der Waals surface area contributed by atoms with Gasteiger partial charge in [-0.25, -0.2) is 0 Å². The van der Waals surface area contributed by atoms with Gasteiger partial charge in [0, 0.05) is 0 Å². The molecule has 0 aromatic rings. The molecule has 1 rings (SSSR count). The summed E-state index contributed by atoms with van der Waals surface area (Å²) in [5.74, 6) is -0.635. The maximum absolute atomic E-state index is 11.6. The molecule has 0 bridgehead atoms. The van der Waals surface area contributed by atoms with Gasteiger partial charge in [-0.2, -0.15) is 0 Å². The Bertz CT molecular complexity index is 312. The van der Waals surface area contributed by atoms with Crippen molar-refractivity contribution in [3.8, 4) is 0 Å². The van der Waals surface area contributed by atoms with Gasteiger partial charge in [0.25, 0.3) is 5.91 Å². The highest BCUT2D eigenvalue weighted by atomic mass is 80.0. The van der Waals surface area contributed by atoms with Crippen LogP contribution in [0.3, 0.4) is 0 Å². The fourth-order valence-corrected chi connectivity index (χ4v) is 1.83. The van der Waals surface area contributed by atoms with E-state index in [-0.39, 0.29) is 0 Å². The van der Waals surface area contributed by atoms with Crippen molar-refractivity contribution in [2.45, 2.75) is 32.8 Å². The highest BCUT2D eigenvalue weighted by Crippen LogP contribution is 2.34. The summed E-state index contributed by atoms with van der Waals surface area (Å²) in [6.07, 6.45) is -5.53. The molecule has 0 saturated carbocycles. The standard InChI is InChI=1S/C8H12Br3NO6/c9-8(10,11)7(17)12-3-5(15)4(14)2(1-13)18-6(3)16/h2-6,13-16H,1H2,(H,12,17)/t2-,3-,4-,5-,6?/m1/s1. The van der Waals surface area contributed by atoms with Crippen LogP contribution in [0.5, 0.6) is 0 Å². The topological polar surface area (TPSA) is 119 Å². The number of rotatable bonds is 2. The SMILES string of the molecule is O=C(N[C@H]1C(O)O[C@H](CO)[C@@H](O)[C@@H]1O)C(Br)(Br)Br. The molecule has 0 radical (unpaired) electrons. The molecule has 1 saturated heterocycles. The summed E-state index contributed by atoms with van der Waals surface area (Å²) in [6.45, 7) is -0.560. The lowest BCUT2D eigenvalue weighted by molar-refractivity contribution is -0.253. The Morgan fingerprint density at radius 2 is 1.78 bits per heavy atom. The number of hydrogen-bond acceptors (Lipinski definition) is 6. The molecule has 5 atom stereocenters. The lowest BCUT2D eigenvalue weighted by Gasteiger charge is -2.40. The summed E-state index contributed by atoms with van der Waals surface area (Å²) < 4.78 is 3.62. The van der Waals surface area contributed by atoms with Gasteiger partial charge < -0.3 is 30.5 Å². The summed E-state index contributed by atoms with van der Waals surface area (Å²) >= 11 is 8.90. The largest absolute Gasteiger partial charge is 0.394 e. The van der Waals surface area contributed by atoms with Gasteiger partial charge in [-0.05, 0) is 47.8 Å². The van der Waals surface area contributed by atoms with Crippen molar-refractivity contribution in [1.82, 2.24) is 5.32 Å². The second kappa shape index (κ2) is 6.44. The third-order valence-electron chi connectivity index (χ3n) is 2.46. The zero-order chi connectivity index (χ0) is 14.1. The number of aliphatic hydroxyl groups excluding tert-OH is 4. The first kappa shape index (κ1) is 16.8. The number of alkyl halides is 3. The van der Waals surface area contributed by atoms with Gasteiger partial charge in [0.1, 0.15) is 24.4 Å². The van der Waals surface area contributed by atoms with E-state index in [4.69, 9.17) is 9.84 Å². The summed E-state index contributed by atoms with van der Waals surface area (Å²) in [5.41, 5.74) is 0. The van der Waals surface area contributed by atoms with Crippen molar-refractivity contribution in [2.24, 2.45) is 0 Å². The zero-order valence-electron chi connectivity index (χ0n) is 8.83. The second-order valence-corrected chi connectivity index (χ2v) is 10.5. The first-order valence-corrected chi connectivity index (χ1v) is 7.24. The second-order valence-electron chi connectivity index (χ2n) is 3.73. The minimum atomic E-state index is -1.54. The van der Waals surface area contributed by atoms with Gasteiger partial charge in [0.2, 0.25) is 2.14 Å². The predicted octanol–water partition coefficient (Wildman–Crippen LogP) is -1.26. The van der Waals surface area contributed by atoms with E-state index in [0.717, 1.165) is 0 Å². The number of hydrogen-bond donors (Lipinski definition) is 5. The van der Waals surface area contributed by atoms with Crippen molar-refractivity contribution in [2.75, 3.05) is 6.61 Å². The van der Waals surface area contributed by atoms with E-state index < -0.39 is 45.3 Å². The average molecular weight is 458 g/mol. The van der Waals surface area contributed by atoms with Gasteiger partial charge in [-0.3, -0.25) is 4.79 Å². The fraction of sp³-hybridized carbons (Fsp3) is 0.875. The monoisotopic (exact) mass is 455 g/mol. The molecule has 1 aliphatic rings. The summed E-state index contributed by atoms with van der Waals surface area (Å²) in [7, 11) is 0. The third kappa shape index (κ3) is 3.85. The Morgan fingerprint density at radius 3 is 2.22 bits per heavy atom. The Labute approximate surface area is 128 Å². The van der Waals surface area contributed by atoms with Crippen molar-refractivity contribution >= 4 is 53.7 Å². The minimum absolute atomic E-state index is 0.560. The lowest BCUT2D eigenvalue weighted by Crippen LogP contribution is -2.65. The molecule has 0 aliphatic carbocycles. The number of carbonyl (C=O) groups is 1. The van der Waals surface area contributed by atoms with Crippen LogP contribution in [0.25, 0.3) is 0 Å². The first-order valence-electron chi connectivity index (χ1n) is 4.86. The van der Waals surface area contributed by atoms with Gasteiger partial charge in [-0.15, -0.1) is 0 Å². The molecular formula is C8H12Br3NO6. The van der Waals surface area contributed by atoms with Crippen LogP contribution in [0.1, 0.15) is 0 Å². The van der Waals surface area contributed by atoms with Crippen LogP contribution in [0, 0.1) is 0 Å². The Morgan fingerprint density at radius 1 is 1.22 bits per heavy atom. The fourth-order valence-electron chi connectivity index (χ4n) is 1.49. The van der Waals surface area contributed by atoms with Crippen molar-refractivity contribution in [3.63, 3.8) is 0 Å². The van der Waals surface area contributed by atoms with Crippen molar-refractivity contribution < 1.29 is 30.0 Å². The summed E-state index contributed by atoms with van der Waals surface area (Å²) in [4.78, 5) is 11.6. The van der Waals surface area contributed by atoms with Crippen molar-refractivity contribution in [3.05, 3.63) is 0 Å². The highest BCUT2D eigenvalue weighted by Gasteiger charge is 2.45. The molecule has 106 valence electrons. The number of carbonyl (C=O) groups excluding carboxylic acids is 1. The van der Waals surface area contributed by atoms with E-state index in [0.29, 0.717) is 0 Å². The first-order chi connectivity index (χ1) is 8.18. The minimum Gasteiger partial charge on any atom is -0.394 e. The molecule has 1 aliphatic heterocycles. The number of halogens is 3. The molecule has 7 nitrogen and oxygen atoms in total.